The minimum atomic E-state index is -4.51. The Bertz CT molecular complexity index is 965. The average molecular weight is 396 g/mol. The van der Waals surface area contributed by atoms with E-state index >= 15 is 0 Å². The van der Waals surface area contributed by atoms with Crippen LogP contribution in [-0.4, -0.2) is 13.0 Å². The molecule has 2 aromatic carbocycles. The lowest BCUT2D eigenvalue weighted by Crippen LogP contribution is -2.10. The molecule has 0 saturated carbocycles. The van der Waals surface area contributed by atoms with Gasteiger partial charge in [0.1, 0.15) is 11.5 Å². The summed E-state index contributed by atoms with van der Waals surface area (Å²) in [6.07, 6.45) is -4.51. The number of hydrogen-bond acceptors (Lipinski definition) is 3. The first kappa shape index (κ1) is 18.8. The molecule has 0 aliphatic rings. The fraction of sp³-hybridized carbons (Fsp3) is 0.105. The average Bonchev–Trinajstić information content (AvgIpc) is 3.12. The molecule has 0 spiro atoms. The minimum absolute atomic E-state index is 0.0509. The van der Waals surface area contributed by atoms with E-state index < -0.39 is 17.6 Å². The molecule has 0 unspecified atom stereocenters. The number of anilines is 1. The van der Waals surface area contributed by atoms with Gasteiger partial charge in [0.2, 0.25) is 0 Å². The molecule has 8 heteroatoms. The number of hydrogen-bond donors (Lipinski definition) is 1. The van der Waals surface area contributed by atoms with Crippen molar-refractivity contribution in [2.45, 2.75) is 6.18 Å². The quantitative estimate of drug-likeness (QED) is 0.600. The predicted molar refractivity (Wildman–Crippen MR) is 95.1 cm³/mol. The summed E-state index contributed by atoms with van der Waals surface area (Å²) in [5.74, 6) is 0.0854. The molecule has 27 heavy (non-hydrogen) atoms. The van der Waals surface area contributed by atoms with E-state index in [-0.39, 0.29) is 22.1 Å². The van der Waals surface area contributed by atoms with E-state index in [1.54, 1.807) is 24.3 Å². The van der Waals surface area contributed by atoms with Crippen LogP contribution in [0.5, 0.6) is 5.75 Å². The van der Waals surface area contributed by atoms with E-state index in [0.717, 1.165) is 18.2 Å². The Hall–Kier alpha value is -2.93. The van der Waals surface area contributed by atoms with E-state index in [1.807, 2.05) is 0 Å². The van der Waals surface area contributed by atoms with Gasteiger partial charge in [0.05, 0.1) is 17.7 Å². The Balaban J connectivity index is 1.83. The van der Waals surface area contributed by atoms with Gasteiger partial charge in [0.25, 0.3) is 5.91 Å². The molecule has 1 N–H and O–H groups in total. The Labute approximate surface area is 157 Å². The van der Waals surface area contributed by atoms with Gasteiger partial charge in [-0.05, 0) is 54.6 Å². The molecule has 1 heterocycles. The molecule has 0 aliphatic heterocycles. The van der Waals surface area contributed by atoms with Crippen molar-refractivity contribution in [3.63, 3.8) is 0 Å². The molecule has 0 aliphatic carbocycles. The highest BCUT2D eigenvalue weighted by atomic mass is 35.5. The van der Waals surface area contributed by atoms with Crippen LogP contribution in [0.3, 0.4) is 0 Å². The van der Waals surface area contributed by atoms with Crippen molar-refractivity contribution >= 4 is 23.2 Å². The molecule has 0 saturated heterocycles. The van der Waals surface area contributed by atoms with Crippen molar-refractivity contribution in [3.05, 3.63) is 70.9 Å². The van der Waals surface area contributed by atoms with Crippen molar-refractivity contribution in [1.29, 1.82) is 0 Å². The lowest BCUT2D eigenvalue weighted by Gasteiger charge is -2.09. The van der Waals surface area contributed by atoms with Crippen molar-refractivity contribution in [2.75, 3.05) is 12.4 Å². The number of rotatable bonds is 4. The molecule has 0 fully saturated rings. The van der Waals surface area contributed by atoms with Crippen molar-refractivity contribution in [2.24, 2.45) is 0 Å². The second-order valence-corrected chi connectivity index (χ2v) is 5.95. The number of ether oxygens (including phenoxy) is 1. The molecule has 4 nitrogen and oxygen atoms in total. The first-order valence-electron chi connectivity index (χ1n) is 7.70. The van der Waals surface area contributed by atoms with Crippen LogP contribution in [0.2, 0.25) is 5.02 Å². The van der Waals surface area contributed by atoms with Gasteiger partial charge >= 0.3 is 6.18 Å². The molecule has 3 aromatic rings. The zero-order valence-electron chi connectivity index (χ0n) is 13.9. The summed E-state index contributed by atoms with van der Waals surface area (Å²) in [6, 6.07) is 12.3. The summed E-state index contributed by atoms with van der Waals surface area (Å²) in [4.78, 5) is 12.3. The highest BCUT2D eigenvalue weighted by molar-refractivity contribution is 6.33. The molecular formula is C19H13ClF3NO3. The van der Waals surface area contributed by atoms with Crippen LogP contribution in [-0.2, 0) is 6.18 Å². The topological polar surface area (TPSA) is 51.5 Å². The number of alkyl halides is 3. The summed E-state index contributed by atoms with van der Waals surface area (Å²) in [6.45, 7) is 0. The molecule has 1 aromatic heterocycles. The Morgan fingerprint density at radius 1 is 1.07 bits per heavy atom. The van der Waals surface area contributed by atoms with Gasteiger partial charge in [-0.3, -0.25) is 4.79 Å². The van der Waals surface area contributed by atoms with Gasteiger partial charge in [-0.2, -0.15) is 13.2 Å². The summed E-state index contributed by atoms with van der Waals surface area (Å²) >= 11 is 5.99. The summed E-state index contributed by atoms with van der Waals surface area (Å²) in [5, 5.41) is 2.71. The largest absolute Gasteiger partial charge is 0.497 e. The standard InChI is InChI=1S/C19H13ClF3NO3/c1-26-13-5-3-12(4-6-13)24-18(25)17-9-8-16(27-17)14-10-11(19(21,22)23)2-7-15(14)20/h2-10H,1H3,(H,24,25). The Kier molecular flexibility index (Phi) is 5.14. The van der Waals surface area contributed by atoms with Crippen molar-refractivity contribution in [1.82, 2.24) is 0 Å². The van der Waals surface area contributed by atoms with Gasteiger partial charge in [-0.15, -0.1) is 0 Å². The number of carbonyl (C=O) groups is 1. The monoisotopic (exact) mass is 395 g/mol. The summed E-state index contributed by atoms with van der Waals surface area (Å²) in [7, 11) is 1.52. The third kappa shape index (κ3) is 4.25. The lowest BCUT2D eigenvalue weighted by atomic mass is 10.1. The van der Waals surface area contributed by atoms with E-state index in [1.165, 1.54) is 19.2 Å². The van der Waals surface area contributed by atoms with Gasteiger partial charge in [-0.1, -0.05) is 11.6 Å². The normalized spacial score (nSPS) is 11.3. The van der Waals surface area contributed by atoms with Crippen LogP contribution < -0.4 is 10.1 Å². The van der Waals surface area contributed by atoms with E-state index in [9.17, 15) is 18.0 Å². The van der Waals surface area contributed by atoms with Crippen LogP contribution in [0.25, 0.3) is 11.3 Å². The number of nitrogens with one attached hydrogen (secondary N) is 1. The van der Waals surface area contributed by atoms with Gasteiger partial charge in [0.15, 0.2) is 5.76 Å². The van der Waals surface area contributed by atoms with E-state index in [0.29, 0.717) is 11.4 Å². The summed E-state index contributed by atoms with van der Waals surface area (Å²) < 4.78 is 49.1. The molecule has 0 bridgehead atoms. The number of methoxy groups -OCH3 is 1. The second-order valence-electron chi connectivity index (χ2n) is 5.54. The third-order valence-electron chi connectivity index (χ3n) is 3.74. The molecule has 0 radical (unpaired) electrons. The highest BCUT2D eigenvalue weighted by Crippen LogP contribution is 2.36. The maximum atomic E-state index is 12.9. The number of benzene rings is 2. The lowest BCUT2D eigenvalue weighted by molar-refractivity contribution is -0.137. The van der Waals surface area contributed by atoms with Crippen LogP contribution in [0.1, 0.15) is 16.1 Å². The van der Waals surface area contributed by atoms with E-state index in [2.05, 4.69) is 5.32 Å². The smallest absolute Gasteiger partial charge is 0.416 e. The van der Waals surface area contributed by atoms with Crippen LogP contribution in [0, 0.1) is 0 Å². The zero-order valence-corrected chi connectivity index (χ0v) is 14.7. The Morgan fingerprint density at radius 2 is 1.78 bits per heavy atom. The molecule has 0 atom stereocenters. The van der Waals surface area contributed by atoms with Crippen molar-refractivity contribution < 1.29 is 27.1 Å². The third-order valence-corrected chi connectivity index (χ3v) is 4.07. The number of furan rings is 1. The van der Waals surface area contributed by atoms with E-state index in [4.69, 9.17) is 20.8 Å². The first-order chi connectivity index (χ1) is 12.8. The maximum absolute atomic E-state index is 12.9. The minimum Gasteiger partial charge on any atom is -0.497 e. The molecular weight excluding hydrogens is 383 g/mol. The predicted octanol–water partition coefficient (Wildman–Crippen LogP) is 5.88. The van der Waals surface area contributed by atoms with Gasteiger partial charge < -0.3 is 14.5 Å². The fourth-order valence-corrected chi connectivity index (χ4v) is 2.57. The Morgan fingerprint density at radius 3 is 2.41 bits per heavy atom. The van der Waals surface area contributed by atoms with Crippen LogP contribution >= 0.6 is 11.6 Å². The maximum Gasteiger partial charge on any atom is 0.416 e. The SMILES string of the molecule is COc1ccc(NC(=O)c2ccc(-c3cc(C(F)(F)F)ccc3Cl)o2)cc1. The number of amides is 1. The molecule has 1 amide bonds. The van der Waals surface area contributed by atoms with Gasteiger partial charge in [0, 0.05) is 11.3 Å². The second kappa shape index (κ2) is 7.36. The summed E-state index contributed by atoms with van der Waals surface area (Å²) in [5.41, 5.74) is -0.298. The number of halogens is 4. The van der Waals surface area contributed by atoms with Crippen LogP contribution in [0.15, 0.2) is 59.0 Å². The first-order valence-corrected chi connectivity index (χ1v) is 8.08. The van der Waals surface area contributed by atoms with Gasteiger partial charge in [-0.25, -0.2) is 0 Å². The van der Waals surface area contributed by atoms with Crippen molar-refractivity contribution in [3.8, 4) is 17.1 Å². The zero-order chi connectivity index (χ0) is 19.6. The highest BCUT2D eigenvalue weighted by Gasteiger charge is 2.31. The number of carbonyl (C=O) groups excluding carboxylic acids is 1. The molecule has 3 rings (SSSR count). The fourth-order valence-electron chi connectivity index (χ4n) is 2.36. The molecule has 140 valence electrons. The van der Waals surface area contributed by atoms with Crippen LogP contribution in [0.4, 0.5) is 18.9 Å².